The zero-order valence-electron chi connectivity index (χ0n) is 11.5. The van der Waals surface area contributed by atoms with Crippen LogP contribution in [0, 0.1) is 6.92 Å². The summed E-state index contributed by atoms with van der Waals surface area (Å²) in [5, 5.41) is 9.02. The fraction of sp³-hybridized carbons (Fsp3) is 0.267. The van der Waals surface area contributed by atoms with Crippen molar-refractivity contribution in [1.82, 2.24) is 19.5 Å². The summed E-state index contributed by atoms with van der Waals surface area (Å²) < 4.78 is 1.99. The summed E-state index contributed by atoms with van der Waals surface area (Å²) in [6, 6.07) is 8.06. The van der Waals surface area contributed by atoms with E-state index in [-0.39, 0.29) is 6.61 Å². The minimum atomic E-state index is 0.0577. The Balaban J connectivity index is 2.09. The Morgan fingerprint density at radius 3 is 2.85 bits per heavy atom. The lowest BCUT2D eigenvalue weighted by Crippen LogP contribution is -2.01. The fourth-order valence-electron chi connectivity index (χ4n) is 2.29. The minimum Gasteiger partial charge on any atom is -0.396 e. The molecule has 0 saturated heterocycles. The number of fused-ring (bicyclic) bond motifs is 1. The van der Waals surface area contributed by atoms with Gasteiger partial charge in [-0.3, -0.25) is 0 Å². The van der Waals surface area contributed by atoms with Gasteiger partial charge >= 0.3 is 0 Å². The number of aliphatic hydroxyl groups excluding tert-OH is 1. The molecule has 0 fully saturated rings. The largest absolute Gasteiger partial charge is 0.396 e. The van der Waals surface area contributed by atoms with Gasteiger partial charge in [0.25, 0.3) is 0 Å². The fourth-order valence-corrected chi connectivity index (χ4v) is 2.29. The molecule has 0 unspecified atom stereocenters. The number of benzene rings is 1. The molecule has 3 rings (SSSR count). The van der Waals surface area contributed by atoms with Gasteiger partial charge in [0, 0.05) is 24.7 Å². The van der Waals surface area contributed by atoms with E-state index in [0.717, 1.165) is 28.0 Å². The zero-order chi connectivity index (χ0) is 14.1. The molecule has 0 saturated carbocycles. The third kappa shape index (κ3) is 2.28. The first kappa shape index (κ1) is 12.7. The summed E-state index contributed by atoms with van der Waals surface area (Å²) in [5.74, 6) is 0.670. The number of imidazole rings is 1. The second-order valence-corrected chi connectivity index (χ2v) is 4.84. The maximum absolute atomic E-state index is 9.02. The Kier molecular flexibility index (Phi) is 3.20. The number of hydrogen-bond acceptors (Lipinski definition) is 4. The first-order valence-electron chi connectivity index (χ1n) is 6.54. The Morgan fingerprint density at radius 2 is 2.05 bits per heavy atom. The van der Waals surface area contributed by atoms with Crippen molar-refractivity contribution in [2.45, 2.75) is 13.3 Å². The van der Waals surface area contributed by atoms with Crippen molar-refractivity contribution in [3.63, 3.8) is 0 Å². The highest BCUT2D eigenvalue weighted by atomic mass is 16.3. The first-order valence-corrected chi connectivity index (χ1v) is 6.54. The molecular formula is C15H16N4O. The first-order chi connectivity index (χ1) is 9.67. The summed E-state index contributed by atoms with van der Waals surface area (Å²) in [7, 11) is 1.98. The summed E-state index contributed by atoms with van der Waals surface area (Å²) in [5.41, 5.74) is 4.83. The van der Waals surface area contributed by atoms with Crippen LogP contribution in [0.25, 0.3) is 22.3 Å². The van der Waals surface area contributed by atoms with Crippen molar-refractivity contribution in [1.29, 1.82) is 0 Å². The molecule has 0 bridgehead atoms. The van der Waals surface area contributed by atoms with Crippen LogP contribution in [0.2, 0.25) is 0 Å². The van der Waals surface area contributed by atoms with Crippen molar-refractivity contribution in [2.75, 3.05) is 6.61 Å². The molecular weight excluding hydrogens is 252 g/mol. The molecule has 0 aliphatic heterocycles. The van der Waals surface area contributed by atoms with Gasteiger partial charge in [0.1, 0.15) is 5.82 Å². The number of aliphatic hydroxyl groups is 1. The molecule has 2 heterocycles. The third-order valence-corrected chi connectivity index (χ3v) is 3.26. The maximum atomic E-state index is 9.02. The number of nitrogens with zero attached hydrogens (tertiary/aromatic N) is 4. The van der Waals surface area contributed by atoms with E-state index >= 15 is 0 Å². The average Bonchev–Trinajstić information content (AvgIpc) is 2.80. The zero-order valence-corrected chi connectivity index (χ0v) is 11.5. The molecule has 0 amide bonds. The quantitative estimate of drug-likeness (QED) is 0.787. The van der Waals surface area contributed by atoms with Gasteiger partial charge in [-0.15, -0.1) is 0 Å². The second-order valence-electron chi connectivity index (χ2n) is 4.84. The molecule has 0 aliphatic rings. The van der Waals surface area contributed by atoms with E-state index in [4.69, 9.17) is 5.11 Å². The summed E-state index contributed by atoms with van der Waals surface area (Å²) in [4.78, 5) is 13.2. The van der Waals surface area contributed by atoms with Gasteiger partial charge in [-0.1, -0.05) is 6.07 Å². The van der Waals surface area contributed by atoms with Crippen LogP contribution in [0.5, 0.6) is 0 Å². The number of rotatable bonds is 3. The van der Waals surface area contributed by atoms with Crippen LogP contribution in [0.4, 0.5) is 0 Å². The summed E-state index contributed by atoms with van der Waals surface area (Å²) in [6.07, 6.45) is 2.28. The van der Waals surface area contributed by atoms with Crippen molar-refractivity contribution in [3.05, 3.63) is 42.1 Å². The van der Waals surface area contributed by atoms with Gasteiger partial charge in [0.05, 0.1) is 29.7 Å². The van der Waals surface area contributed by atoms with Gasteiger partial charge in [-0.05, 0) is 25.1 Å². The van der Waals surface area contributed by atoms with E-state index in [2.05, 4.69) is 15.0 Å². The van der Waals surface area contributed by atoms with Crippen molar-refractivity contribution in [3.8, 4) is 11.3 Å². The molecule has 3 aromatic rings. The monoisotopic (exact) mass is 268 g/mol. The third-order valence-electron chi connectivity index (χ3n) is 3.26. The van der Waals surface area contributed by atoms with Gasteiger partial charge < -0.3 is 9.67 Å². The number of aromatic nitrogens is 4. The molecule has 20 heavy (non-hydrogen) atoms. The van der Waals surface area contributed by atoms with Crippen molar-refractivity contribution < 1.29 is 5.11 Å². The van der Waals surface area contributed by atoms with E-state index in [1.54, 1.807) is 6.33 Å². The Bertz CT molecular complexity index is 764. The number of aryl methyl sites for hydroxylation is 2. The lowest BCUT2D eigenvalue weighted by molar-refractivity contribution is 0.296. The van der Waals surface area contributed by atoms with E-state index in [1.165, 1.54) is 0 Å². The van der Waals surface area contributed by atoms with Crippen LogP contribution in [0.15, 0.2) is 30.6 Å². The molecule has 5 nitrogen and oxygen atoms in total. The Morgan fingerprint density at radius 1 is 1.20 bits per heavy atom. The second kappa shape index (κ2) is 5.02. The molecule has 1 N–H and O–H groups in total. The minimum absolute atomic E-state index is 0.0577. The molecule has 0 spiro atoms. The Hall–Kier alpha value is -2.27. The van der Waals surface area contributed by atoms with Crippen LogP contribution in [-0.2, 0) is 13.5 Å². The molecule has 2 aromatic heterocycles. The highest BCUT2D eigenvalue weighted by molar-refractivity contribution is 5.81. The number of hydrogen-bond donors (Lipinski definition) is 1. The van der Waals surface area contributed by atoms with Crippen LogP contribution < -0.4 is 0 Å². The highest BCUT2D eigenvalue weighted by Gasteiger charge is 2.07. The van der Waals surface area contributed by atoms with Crippen LogP contribution in [0.1, 0.15) is 11.5 Å². The van der Waals surface area contributed by atoms with Gasteiger partial charge in [-0.25, -0.2) is 15.0 Å². The summed E-state index contributed by atoms with van der Waals surface area (Å²) in [6.45, 7) is 1.99. The summed E-state index contributed by atoms with van der Waals surface area (Å²) >= 11 is 0. The van der Waals surface area contributed by atoms with E-state index in [1.807, 2.05) is 42.8 Å². The molecule has 5 heteroatoms. The maximum Gasteiger partial charge on any atom is 0.131 e. The topological polar surface area (TPSA) is 63.8 Å². The highest BCUT2D eigenvalue weighted by Crippen LogP contribution is 2.22. The van der Waals surface area contributed by atoms with Gasteiger partial charge in [0.15, 0.2) is 0 Å². The smallest absolute Gasteiger partial charge is 0.131 e. The molecule has 0 atom stereocenters. The van der Waals surface area contributed by atoms with Gasteiger partial charge in [0.2, 0.25) is 0 Å². The SMILES string of the molecule is Cc1cc(-c2ccc3c(c2)ncn3C)nc(CCO)n1. The van der Waals surface area contributed by atoms with Crippen LogP contribution in [0.3, 0.4) is 0 Å². The Labute approximate surface area is 117 Å². The van der Waals surface area contributed by atoms with Crippen molar-refractivity contribution in [2.24, 2.45) is 7.05 Å². The molecule has 0 radical (unpaired) electrons. The van der Waals surface area contributed by atoms with E-state index in [9.17, 15) is 0 Å². The molecule has 0 aliphatic carbocycles. The van der Waals surface area contributed by atoms with Crippen molar-refractivity contribution >= 4 is 11.0 Å². The van der Waals surface area contributed by atoms with E-state index < -0.39 is 0 Å². The molecule has 1 aromatic carbocycles. The predicted octanol–water partition coefficient (Wildman–Crippen LogP) is 1.87. The lowest BCUT2D eigenvalue weighted by Gasteiger charge is -2.06. The normalized spacial score (nSPS) is 11.2. The lowest BCUT2D eigenvalue weighted by atomic mass is 10.1. The predicted molar refractivity (Wildman–Crippen MR) is 77.3 cm³/mol. The van der Waals surface area contributed by atoms with Crippen LogP contribution in [-0.4, -0.2) is 31.2 Å². The average molecular weight is 268 g/mol. The standard InChI is InChI=1S/C15H16N4O/c1-10-7-12(18-15(17-10)5-6-20)11-3-4-14-13(8-11)16-9-19(14)2/h3-4,7-9,20H,5-6H2,1-2H3. The van der Waals surface area contributed by atoms with Gasteiger partial charge in [-0.2, -0.15) is 0 Å². The molecule has 102 valence electrons. The van der Waals surface area contributed by atoms with Crippen LogP contribution >= 0.6 is 0 Å². The van der Waals surface area contributed by atoms with E-state index in [0.29, 0.717) is 12.2 Å².